The van der Waals surface area contributed by atoms with E-state index >= 15 is 0 Å². The van der Waals surface area contributed by atoms with Gasteiger partial charge in [0.15, 0.2) is 11.5 Å². The minimum absolute atomic E-state index is 0.294. The average molecular weight is 464 g/mol. The van der Waals surface area contributed by atoms with Crippen molar-refractivity contribution in [3.63, 3.8) is 0 Å². The van der Waals surface area contributed by atoms with Crippen LogP contribution in [-0.4, -0.2) is 41.0 Å². The van der Waals surface area contributed by atoms with Crippen LogP contribution in [0.5, 0.6) is 17.2 Å². The first-order valence-corrected chi connectivity index (χ1v) is 10.3. The van der Waals surface area contributed by atoms with Crippen molar-refractivity contribution in [1.82, 2.24) is 13.8 Å². The molecule has 2 aromatic carbocycles. The minimum atomic E-state index is -0.470. The lowest BCUT2D eigenvalue weighted by Gasteiger charge is -2.13. The molecule has 4 rings (SSSR count). The van der Waals surface area contributed by atoms with Gasteiger partial charge >= 0.3 is 5.69 Å². The number of aromatic nitrogens is 3. The van der Waals surface area contributed by atoms with Gasteiger partial charge < -0.3 is 14.2 Å². The fourth-order valence-electron chi connectivity index (χ4n) is 3.81. The van der Waals surface area contributed by atoms with Gasteiger partial charge in [0.05, 0.1) is 44.1 Å². The van der Waals surface area contributed by atoms with Crippen molar-refractivity contribution < 1.29 is 19.0 Å². The largest absolute Gasteiger partial charge is 0.497 e. The molecule has 0 unspecified atom stereocenters. The van der Waals surface area contributed by atoms with Gasteiger partial charge in [-0.15, -0.1) is 0 Å². The summed E-state index contributed by atoms with van der Waals surface area (Å²) >= 11 is 0. The van der Waals surface area contributed by atoms with E-state index in [9.17, 15) is 14.4 Å². The highest BCUT2D eigenvalue weighted by molar-refractivity contribution is 6.02. The molecule has 2 aromatic heterocycles. The van der Waals surface area contributed by atoms with Crippen LogP contribution in [0.3, 0.4) is 0 Å². The first-order valence-electron chi connectivity index (χ1n) is 10.3. The Morgan fingerprint density at radius 1 is 0.853 bits per heavy atom. The Morgan fingerprint density at radius 2 is 1.53 bits per heavy atom. The van der Waals surface area contributed by atoms with E-state index in [1.807, 2.05) is 0 Å². The van der Waals surface area contributed by atoms with Gasteiger partial charge in [-0.1, -0.05) is 0 Å². The van der Waals surface area contributed by atoms with Crippen LogP contribution in [-0.2, 0) is 14.1 Å². The van der Waals surface area contributed by atoms with Crippen molar-refractivity contribution in [2.24, 2.45) is 14.1 Å². The molecular formula is C24H24N4O6. The summed E-state index contributed by atoms with van der Waals surface area (Å²) in [4.78, 5) is 38.8. The van der Waals surface area contributed by atoms with Crippen LogP contribution >= 0.6 is 0 Å². The molecule has 176 valence electrons. The molecule has 0 aliphatic rings. The summed E-state index contributed by atoms with van der Waals surface area (Å²) in [6.45, 7) is 0. The molecule has 0 aliphatic carbocycles. The molecule has 0 atom stereocenters. The van der Waals surface area contributed by atoms with Gasteiger partial charge in [-0.05, 0) is 42.5 Å². The number of carbonyl (C=O) groups is 1. The molecule has 1 N–H and O–H groups in total. The number of hydrogen-bond donors (Lipinski definition) is 1. The van der Waals surface area contributed by atoms with Crippen molar-refractivity contribution in [3.8, 4) is 28.5 Å². The molecule has 10 nitrogen and oxygen atoms in total. The number of nitrogens with zero attached hydrogens (tertiary/aromatic N) is 3. The average Bonchev–Trinajstić information content (AvgIpc) is 3.24. The number of amides is 1. The molecule has 1 amide bonds. The van der Waals surface area contributed by atoms with Crippen LogP contribution in [0.1, 0.15) is 10.4 Å². The zero-order chi connectivity index (χ0) is 24.6. The first-order chi connectivity index (χ1) is 16.3. The highest BCUT2D eigenvalue weighted by Gasteiger charge is 2.21. The standard InChI is InChI=1S/C24H24N4O6/c1-26-17-13-28(25-22(29)15-8-11-18(33-4)19(12-15)34-5)21(14-6-9-16(32-3)10-7-14)20(17)23(30)27(2)24(26)31/h6-13H,1-5H3,(H,25,29). The third-order valence-electron chi connectivity index (χ3n) is 5.67. The van der Waals surface area contributed by atoms with E-state index in [2.05, 4.69) is 5.43 Å². The highest BCUT2D eigenvalue weighted by Crippen LogP contribution is 2.30. The van der Waals surface area contributed by atoms with Crippen LogP contribution in [0.25, 0.3) is 22.2 Å². The molecule has 2 heterocycles. The third-order valence-corrected chi connectivity index (χ3v) is 5.67. The van der Waals surface area contributed by atoms with E-state index in [0.29, 0.717) is 45.0 Å². The van der Waals surface area contributed by atoms with Gasteiger partial charge in [0.1, 0.15) is 5.75 Å². The third kappa shape index (κ3) is 3.68. The lowest BCUT2D eigenvalue weighted by molar-refractivity contribution is 0.101. The topological polar surface area (TPSA) is 106 Å². The van der Waals surface area contributed by atoms with Gasteiger partial charge in [-0.25, -0.2) is 4.79 Å². The van der Waals surface area contributed by atoms with E-state index in [0.717, 1.165) is 4.57 Å². The molecule has 0 radical (unpaired) electrons. The zero-order valence-electron chi connectivity index (χ0n) is 19.4. The van der Waals surface area contributed by atoms with Crippen molar-refractivity contribution in [2.45, 2.75) is 0 Å². The van der Waals surface area contributed by atoms with Gasteiger partial charge in [0, 0.05) is 25.2 Å². The predicted octanol–water partition coefficient (Wildman–Crippen LogP) is 2.12. The fourth-order valence-corrected chi connectivity index (χ4v) is 3.81. The Balaban J connectivity index is 1.90. The predicted molar refractivity (Wildman–Crippen MR) is 128 cm³/mol. The molecule has 4 aromatic rings. The van der Waals surface area contributed by atoms with E-state index in [1.165, 1.54) is 30.5 Å². The van der Waals surface area contributed by atoms with Crippen molar-refractivity contribution in [2.75, 3.05) is 26.8 Å². The number of nitrogens with one attached hydrogen (secondary N) is 1. The van der Waals surface area contributed by atoms with E-state index in [4.69, 9.17) is 14.2 Å². The van der Waals surface area contributed by atoms with Gasteiger partial charge in [0.25, 0.3) is 11.5 Å². The summed E-state index contributed by atoms with van der Waals surface area (Å²) in [7, 11) is 7.54. The van der Waals surface area contributed by atoms with Crippen LogP contribution < -0.4 is 30.9 Å². The Labute approximate surface area is 194 Å². The summed E-state index contributed by atoms with van der Waals surface area (Å²) in [6.07, 6.45) is 1.55. The zero-order valence-corrected chi connectivity index (χ0v) is 19.4. The van der Waals surface area contributed by atoms with Crippen molar-refractivity contribution >= 4 is 16.8 Å². The van der Waals surface area contributed by atoms with Crippen LogP contribution in [0.4, 0.5) is 0 Å². The summed E-state index contributed by atoms with van der Waals surface area (Å²) in [5.41, 5.74) is 3.66. The number of rotatable bonds is 6. The van der Waals surface area contributed by atoms with Crippen molar-refractivity contribution in [1.29, 1.82) is 0 Å². The Kier molecular flexibility index (Phi) is 5.89. The van der Waals surface area contributed by atoms with Gasteiger partial charge in [-0.2, -0.15) is 0 Å². The summed E-state index contributed by atoms with van der Waals surface area (Å²) < 4.78 is 19.6. The quantitative estimate of drug-likeness (QED) is 0.469. The maximum absolute atomic E-state index is 13.1. The lowest BCUT2D eigenvalue weighted by Crippen LogP contribution is -2.36. The molecule has 10 heteroatoms. The van der Waals surface area contributed by atoms with Crippen LogP contribution in [0, 0.1) is 0 Å². The smallest absolute Gasteiger partial charge is 0.330 e. The van der Waals surface area contributed by atoms with E-state index in [1.54, 1.807) is 62.8 Å². The number of carbonyl (C=O) groups excluding carboxylic acids is 1. The van der Waals surface area contributed by atoms with Gasteiger partial charge in [0.2, 0.25) is 0 Å². The number of hydrogen-bond acceptors (Lipinski definition) is 6. The highest BCUT2D eigenvalue weighted by atomic mass is 16.5. The SMILES string of the molecule is COc1ccc(-c2c3c(=O)n(C)c(=O)n(C)c3cn2NC(=O)c2ccc(OC)c(OC)c2)cc1. The van der Waals surface area contributed by atoms with E-state index in [-0.39, 0.29) is 0 Å². The van der Waals surface area contributed by atoms with Crippen molar-refractivity contribution in [3.05, 3.63) is 75.1 Å². The molecular weight excluding hydrogens is 440 g/mol. The second kappa shape index (κ2) is 8.81. The Morgan fingerprint density at radius 3 is 2.15 bits per heavy atom. The minimum Gasteiger partial charge on any atom is -0.497 e. The maximum Gasteiger partial charge on any atom is 0.330 e. The normalized spacial score (nSPS) is 10.9. The van der Waals surface area contributed by atoms with E-state index < -0.39 is 17.2 Å². The molecule has 0 spiro atoms. The number of methoxy groups -OCH3 is 3. The van der Waals surface area contributed by atoms with Crippen LogP contribution in [0.15, 0.2) is 58.3 Å². The summed E-state index contributed by atoms with van der Waals surface area (Å²) in [6, 6.07) is 11.8. The second-order valence-electron chi connectivity index (χ2n) is 7.55. The molecule has 0 aliphatic heterocycles. The monoisotopic (exact) mass is 464 g/mol. The first kappa shape index (κ1) is 22.7. The molecule has 0 saturated heterocycles. The maximum atomic E-state index is 13.1. The molecule has 34 heavy (non-hydrogen) atoms. The number of benzene rings is 2. The number of aryl methyl sites for hydroxylation is 1. The molecule has 0 bridgehead atoms. The molecule has 0 saturated carbocycles. The molecule has 0 fully saturated rings. The second-order valence-corrected chi connectivity index (χ2v) is 7.55. The van der Waals surface area contributed by atoms with Crippen LogP contribution in [0.2, 0.25) is 0 Å². The number of fused-ring (bicyclic) bond motifs is 1. The fraction of sp³-hybridized carbons (Fsp3) is 0.208. The van der Waals surface area contributed by atoms with Gasteiger partial charge in [-0.3, -0.25) is 28.8 Å². The Bertz CT molecular complexity index is 1510. The lowest BCUT2D eigenvalue weighted by atomic mass is 10.1. The Hall–Kier alpha value is -4.47. The summed E-state index contributed by atoms with van der Waals surface area (Å²) in [5, 5.41) is 0.294. The number of ether oxygens (including phenoxy) is 3. The summed E-state index contributed by atoms with van der Waals surface area (Å²) in [5.74, 6) is 1.08.